The van der Waals surface area contributed by atoms with Crippen molar-refractivity contribution in [3.05, 3.63) is 60.2 Å². The summed E-state index contributed by atoms with van der Waals surface area (Å²) in [5, 5.41) is 8.08. The monoisotopic (exact) mass is 348 g/mol. The number of nitrogens with one attached hydrogen (secondary N) is 1. The molecule has 4 rings (SSSR count). The van der Waals surface area contributed by atoms with Crippen LogP contribution in [0.15, 0.2) is 60.2 Å². The summed E-state index contributed by atoms with van der Waals surface area (Å²) in [6.07, 6.45) is 1.53. The minimum atomic E-state index is -0.0826. The van der Waals surface area contributed by atoms with Crippen LogP contribution < -0.4 is 10.2 Å². The van der Waals surface area contributed by atoms with Crippen molar-refractivity contribution in [1.29, 1.82) is 0 Å². The lowest BCUT2D eigenvalue weighted by molar-refractivity contribution is -0.114. The summed E-state index contributed by atoms with van der Waals surface area (Å²) >= 11 is 1.56. The number of nitrogens with zero attached hydrogens (tertiary/aromatic N) is 3. The van der Waals surface area contributed by atoms with E-state index in [-0.39, 0.29) is 12.5 Å². The van der Waals surface area contributed by atoms with Crippen LogP contribution in [0.4, 0.5) is 11.5 Å². The molecular weight excluding hydrogens is 332 g/mol. The van der Waals surface area contributed by atoms with E-state index in [1.54, 1.807) is 11.3 Å². The molecule has 0 radical (unpaired) electrons. The number of aromatic nitrogens is 2. The van der Waals surface area contributed by atoms with Gasteiger partial charge in [0.05, 0.1) is 11.9 Å². The summed E-state index contributed by atoms with van der Waals surface area (Å²) in [5.74, 6) is 0.681. The lowest BCUT2D eigenvalue weighted by atomic mass is 10.1. The van der Waals surface area contributed by atoms with Gasteiger partial charge in [-0.1, -0.05) is 36.4 Å². The molecule has 0 spiro atoms. The first-order valence-electron chi connectivity index (χ1n) is 7.89. The molecule has 6 heteroatoms. The molecule has 0 saturated heterocycles. The number of benzene rings is 2. The second-order valence-electron chi connectivity index (χ2n) is 5.77. The van der Waals surface area contributed by atoms with E-state index in [1.165, 1.54) is 6.33 Å². The third kappa shape index (κ3) is 3.04. The number of anilines is 2. The van der Waals surface area contributed by atoms with Crippen LogP contribution in [-0.2, 0) is 4.79 Å². The highest BCUT2D eigenvalue weighted by Gasteiger charge is 2.13. The molecule has 0 aliphatic carbocycles. The third-order valence-electron chi connectivity index (χ3n) is 4.05. The van der Waals surface area contributed by atoms with Crippen LogP contribution in [0.1, 0.15) is 0 Å². The third-order valence-corrected chi connectivity index (χ3v) is 4.87. The van der Waals surface area contributed by atoms with Gasteiger partial charge >= 0.3 is 0 Å². The highest BCUT2D eigenvalue weighted by atomic mass is 32.1. The molecular formula is C19H16N4OS. The van der Waals surface area contributed by atoms with Crippen molar-refractivity contribution < 1.29 is 4.79 Å². The molecule has 2 aromatic carbocycles. The minimum absolute atomic E-state index is 0.0826. The van der Waals surface area contributed by atoms with Gasteiger partial charge in [-0.15, -0.1) is 11.3 Å². The Labute approximate surface area is 148 Å². The van der Waals surface area contributed by atoms with E-state index in [4.69, 9.17) is 0 Å². The number of fused-ring (bicyclic) bond motifs is 2. The van der Waals surface area contributed by atoms with Gasteiger partial charge in [-0.2, -0.15) is 0 Å². The van der Waals surface area contributed by atoms with E-state index < -0.39 is 0 Å². The highest BCUT2D eigenvalue weighted by molar-refractivity contribution is 7.16. The van der Waals surface area contributed by atoms with Crippen molar-refractivity contribution in [3.8, 4) is 0 Å². The zero-order valence-corrected chi connectivity index (χ0v) is 14.5. The molecule has 25 heavy (non-hydrogen) atoms. The lowest BCUT2D eigenvalue weighted by Gasteiger charge is -2.18. The van der Waals surface area contributed by atoms with Crippen LogP contribution in [0.25, 0.3) is 21.0 Å². The molecule has 1 N–H and O–H groups in total. The molecule has 4 aromatic rings. The Morgan fingerprint density at radius 1 is 1.08 bits per heavy atom. The Morgan fingerprint density at radius 3 is 2.84 bits per heavy atom. The molecule has 0 bridgehead atoms. The average Bonchev–Trinajstić information content (AvgIpc) is 3.10. The van der Waals surface area contributed by atoms with Gasteiger partial charge in [0.15, 0.2) is 0 Å². The molecule has 0 aliphatic heterocycles. The predicted octanol–water partition coefficient (Wildman–Crippen LogP) is 3.92. The summed E-state index contributed by atoms with van der Waals surface area (Å²) in [4.78, 5) is 23.9. The standard InChI is InChI=1S/C19H16N4OS/c1-23(18-15-9-10-25-19(15)21-12-20-18)11-17(24)22-16-8-4-6-13-5-2-3-7-14(13)16/h2-10,12H,11H2,1H3,(H,22,24). The number of thiophene rings is 1. The maximum absolute atomic E-state index is 12.5. The average molecular weight is 348 g/mol. The maximum atomic E-state index is 12.5. The summed E-state index contributed by atoms with van der Waals surface area (Å²) in [6, 6.07) is 15.9. The van der Waals surface area contributed by atoms with Crippen molar-refractivity contribution >= 4 is 49.7 Å². The Hall–Kier alpha value is -2.99. The highest BCUT2D eigenvalue weighted by Crippen LogP contribution is 2.26. The van der Waals surface area contributed by atoms with Crippen LogP contribution in [0.5, 0.6) is 0 Å². The van der Waals surface area contributed by atoms with Crippen molar-refractivity contribution in [3.63, 3.8) is 0 Å². The van der Waals surface area contributed by atoms with E-state index in [2.05, 4.69) is 15.3 Å². The van der Waals surface area contributed by atoms with Gasteiger partial charge in [-0.25, -0.2) is 9.97 Å². The topological polar surface area (TPSA) is 58.1 Å². The van der Waals surface area contributed by atoms with E-state index in [0.717, 1.165) is 32.5 Å². The molecule has 2 heterocycles. The molecule has 0 fully saturated rings. The van der Waals surface area contributed by atoms with Gasteiger partial charge in [0, 0.05) is 18.1 Å². The summed E-state index contributed by atoms with van der Waals surface area (Å²) in [7, 11) is 1.86. The number of likely N-dealkylation sites (N-methyl/N-ethyl adjacent to an activating group) is 1. The quantitative estimate of drug-likeness (QED) is 0.607. The van der Waals surface area contributed by atoms with Crippen molar-refractivity contribution in [1.82, 2.24) is 9.97 Å². The smallest absolute Gasteiger partial charge is 0.243 e. The van der Waals surface area contributed by atoms with E-state index in [0.29, 0.717) is 0 Å². The SMILES string of the molecule is CN(CC(=O)Nc1cccc2ccccc12)c1ncnc2sccc12. The fourth-order valence-electron chi connectivity index (χ4n) is 2.90. The zero-order chi connectivity index (χ0) is 17.2. The number of carbonyl (C=O) groups excluding carboxylic acids is 1. The second-order valence-corrected chi connectivity index (χ2v) is 6.66. The van der Waals surface area contributed by atoms with E-state index in [1.807, 2.05) is 65.9 Å². The van der Waals surface area contributed by atoms with Gasteiger partial charge in [-0.05, 0) is 22.9 Å². The van der Waals surface area contributed by atoms with E-state index >= 15 is 0 Å². The Kier molecular flexibility index (Phi) is 4.03. The molecule has 2 aromatic heterocycles. The number of carbonyl (C=O) groups is 1. The second kappa shape index (κ2) is 6.49. The van der Waals surface area contributed by atoms with Gasteiger partial charge in [-0.3, -0.25) is 4.79 Å². The van der Waals surface area contributed by atoms with Gasteiger partial charge < -0.3 is 10.2 Å². The Morgan fingerprint density at radius 2 is 1.92 bits per heavy atom. The van der Waals surface area contributed by atoms with Crippen LogP contribution in [0, 0.1) is 0 Å². The molecule has 0 unspecified atom stereocenters. The van der Waals surface area contributed by atoms with Crippen molar-refractivity contribution in [2.75, 3.05) is 23.8 Å². The first-order chi connectivity index (χ1) is 12.2. The Bertz CT molecular complexity index is 1050. The normalized spacial score (nSPS) is 10.9. The van der Waals surface area contributed by atoms with E-state index in [9.17, 15) is 4.79 Å². The molecule has 0 atom stereocenters. The van der Waals surface area contributed by atoms with Crippen LogP contribution in [0.2, 0.25) is 0 Å². The summed E-state index contributed by atoms with van der Waals surface area (Å²) < 4.78 is 0. The minimum Gasteiger partial charge on any atom is -0.350 e. The lowest BCUT2D eigenvalue weighted by Crippen LogP contribution is -2.30. The Balaban J connectivity index is 1.55. The van der Waals surface area contributed by atoms with Gasteiger partial charge in [0.2, 0.25) is 5.91 Å². The molecule has 124 valence electrons. The van der Waals surface area contributed by atoms with Crippen LogP contribution in [0.3, 0.4) is 0 Å². The first kappa shape index (κ1) is 15.5. The number of amides is 1. The predicted molar refractivity (Wildman–Crippen MR) is 103 cm³/mol. The fourth-order valence-corrected chi connectivity index (χ4v) is 3.62. The van der Waals surface area contributed by atoms with Gasteiger partial charge in [0.1, 0.15) is 17.0 Å². The maximum Gasteiger partial charge on any atom is 0.243 e. The van der Waals surface area contributed by atoms with Crippen LogP contribution in [-0.4, -0.2) is 29.5 Å². The zero-order valence-electron chi connectivity index (χ0n) is 13.6. The number of hydrogen-bond acceptors (Lipinski definition) is 5. The molecule has 0 saturated carbocycles. The summed E-state index contributed by atoms with van der Waals surface area (Å²) in [5.41, 5.74) is 0.819. The fraction of sp³-hybridized carbons (Fsp3) is 0.105. The van der Waals surface area contributed by atoms with Crippen molar-refractivity contribution in [2.45, 2.75) is 0 Å². The molecule has 5 nitrogen and oxygen atoms in total. The molecule has 1 amide bonds. The summed E-state index contributed by atoms with van der Waals surface area (Å²) in [6.45, 7) is 0.213. The van der Waals surface area contributed by atoms with Crippen LogP contribution >= 0.6 is 11.3 Å². The first-order valence-corrected chi connectivity index (χ1v) is 8.77. The largest absolute Gasteiger partial charge is 0.350 e. The van der Waals surface area contributed by atoms with Gasteiger partial charge in [0.25, 0.3) is 0 Å². The number of rotatable bonds is 4. The molecule has 0 aliphatic rings. The van der Waals surface area contributed by atoms with Crippen molar-refractivity contribution in [2.24, 2.45) is 0 Å². The number of hydrogen-bond donors (Lipinski definition) is 1.